The highest BCUT2D eigenvalue weighted by Gasteiger charge is 2.40. The predicted molar refractivity (Wildman–Crippen MR) is 65.2 cm³/mol. The molecule has 0 spiro atoms. The fraction of sp³-hybridized carbons (Fsp3) is 0.917. The van der Waals surface area contributed by atoms with Gasteiger partial charge in [-0.3, -0.25) is 4.79 Å². The van der Waals surface area contributed by atoms with Crippen LogP contribution in [0.3, 0.4) is 0 Å². The fourth-order valence-corrected chi connectivity index (χ4v) is 2.45. The monoisotopic (exact) mass is 258 g/mol. The first kappa shape index (κ1) is 13.7. The number of carbonyl (C=O) groups excluding carboxylic acids is 1. The third-order valence-electron chi connectivity index (χ3n) is 3.97. The summed E-state index contributed by atoms with van der Waals surface area (Å²) in [5.74, 6) is -0.0814. The topological polar surface area (TPSA) is 79.8 Å². The van der Waals surface area contributed by atoms with Crippen molar-refractivity contribution >= 4 is 5.91 Å². The van der Waals surface area contributed by atoms with Crippen molar-refractivity contribution in [2.75, 3.05) is 26.8 Å². The second-order valence-electron chi connectivity index (χ2n) is 5.14. The third kappa shape index (κ3) is 2.83. The molecule has 2 rings (SSSR count). The van der Waals surface area contributed by atoms with E-state index in [0.29, 0.717) is 26.0 Å². The van der Waals surface area contributed by atoms with E-state index in [0.717, 1.165) is 0 Å². The van der Waals surface area contributed by atoms with Gasteiger partial charge >= 0.3 is 0 Å². The lowest BCUT2D eigenvalue weighted by Gasteiger charge is -2.26. The predicted octanol–water partition coefficient (Wildman–Crippen LogP) is -0.981. The van der Waals surface area contributed by atoms with Crippen molar-refractivity contribution < 1.29 is 19.4 Å². The number of amides is 1. The minimum Gasteiger partial charge on any atom is -0.385 e. The zero-order chi connectivity index (χ0) is 13.2. The van der Waals surface area contributed by atoms with E-state index in [1.165, 1.54) is 0 Å². The first-order chi connectivity index (χ1) is 8.55. The average molecular weight is 258 g/mol. The number of methoxy groups -OCH3 is 1. The summed E-state index contributed by atoms with van der Waals surface area (Å²) in [7, 11) is 1.65. The zero-order valence-corrected chi connectivity index (χ0v) is 10.9. The number of rotatable bonds is 4. The Morgan fingerprint density at radius 1 is 1.67 bits per heavy atom. The summed E-state index contributed by atoms with van der Waals surface area (Å²) in [4.78, 5) is 11.9. The minimum absolute atomic E-state index is 0.0814. The van der Waals surface area contributed by atoms with Crippen molar-refractivity contribution in [3.63, 3.8) is 0 Å². The van der Waals surface area contributed by atoms with Crippen LogP contribution in [0.2, 0.25) is 0 Å². The molecule has 4 unspecified atom stereocenters. The number of ether oxygens (including phenoxy) is 2. The molecular weight excluding hydrogens is 236 g/mol. The highest BCUT2D eigenvalue weighted by Crippen LogP contribution is 2.24. The van der Waals surface area contributed by atoms with Gasteiger partial charge in [-0.1, -0.05) is 0 Å². The molecule has 2 heterocycles. The van der Waals surface area contributed by atoms with Crippen molar-refractivity contribution in [1.29, 1.82) is 0 Å². The van der Waals surface area contributed by atoms with E-state index in [-0.39, 0.29) is 30.7 Å². The van der Waals surface area contributed by atoms with Crippen LogP contribution in [-0.2, 0) is 14.3 Å². The van der Waals surface area contributed by atoms with Crippen LogP contribution in [0.15, 0.2) is 0 Å². The molecule has 18 heavy (non-hydrogen) atoms. The Kier molecular flexibility index (Phi) is 4.21. The normalized spacial score (nSPS) is 40.1. The quantitative estimate of drug-likeness (QED) is 0.604. The summed E-state index contributed by atoms with van der Waals surface area (Å²) in [5.41, 5.74) is -0.936. The fourth-order valence-electron chi connectivity index (χ4n) is 2.45. The van der Waals surface area contributed by atoms with E-state index in [1.807, 2.05) is 6.92 Å². The number of hydrogen-bond donors (Lipinski definition) is 3. The van der Waals surface area contributed by atoms with Gasteiger partial charge in [0, 0.05) is 33.2 Å². The van der Waals surface area contributed by atoms with Crippen LogP contribution in [0.5, 0.6) is 0 Å². The lowest BCUT2D eigenvalue weighted by Crippen LogP contribution is -2.51. The molecule has 4 atom stereocenters. The molecule has 2 aliphatic heterocycles. The SMILES string of the molecule is COC1CNC(C(=O)NCC2(O)CCOC2C)C1. The largest absolute Gasteiger partial charge is 0.385 e. The van der Waals surface area contributed by atoms with Crippen molar-refractivity contribution in [2.45, 2.75) is 43.6 Å². The van der Waals surface area contributed by atoms with E-state index in [2.05, 4.69) is 10.6 Å². The molecule has 6 nitrogen and oxygen atoms in total. The second-order valence-corrected chi connectivity index (χ2v) is 5.14. The summed E-state index contributed by atoms with van der Waals surface area (Å²) < 4.78 is 10.5. The van der Waals surface area contributed by atoms with Crippen LogP contribution < -0.4 is 10.6 Å². The molecule has 1 amide bonds. The first-order valence-corrected chi connectivity index (χ1v) is 6.43. The molecular formula is C12H22N2O4. The Morgan fingerprint density at radius 3 is 3.00 bits per heavy atom. The Bertz CT molecular complexity index is 312. The van der Waals surface area contributed by atoms with Crippen molar-refractivity contribution in [3.8, 4) is 0 Å². The van der Waals surface area contributed by atoms with Gasteiger partial charge in [0.05, 0.1) is 18.2 Å². The van der Waals surface area contributed by atoms with Crippen LogP contribution in [0.4, 0.5) is 0 Å². The minimum atomic E-state index is -0.936. The smallest absolute Gasteiger partial charge is 0.237 e. The summed E-state index contributed by atoms with van der Waals surface area (Å²) in [5, 5.41) is 16.2. The van der Waals surface area contributed by atoms with Gasteiger partial charge in [-0.05, 0) is 13.3 Å². The first-order valence-electron chi connectivity index (χ1n) is 6.43. The highest BCUT2D eigenvalue weighted by molar-refractivity contribution is 5.82. The van der Waals surface area contributed by atoms with Gasteiger partial charge in [-0.25, -0.2) is 0 Å². The molecule has 104 valence electrons. The van der Waals surface area contributed by atoms with Crippen molar-refractivity contribution in [1.82, 2.24) is 10.6 Å². The standard InChI is InChI=1S/C12H22N2O4/c1-8-12(16,3-4-18-8)7-14-11(15)10-5-9(17-2)6-13-10/h8-10,13,16H,3-7H2,1-2H3,(H,14,15). The lowest BCUT2D eigenvalue weighted by atomic mass is 9.96. The van der Waals surface area contributed by atoms with Crippen LogP contribution in [0.25, 0.3) is 0 Å². The Hall–Kier alpha value is -0.690. The summed E-state index contributed by atoms with van der Waals surface area (Å²) in [6.45, 7) is 3.30. The van der Waals surface area contributed by atoms with Crippen LogP contribution in [0, 0.1) is 0 Å². The molecule has 6 heteroatoms. The van der Waals surface area contributed by atoms with Crippen LogP contribution in [-0.4, -0.2) is 61.7 Å². The van der Waals surface area contributed by atoms with E-state index < -0.39 is 5.60 Å². The van der Waals surface area contributed by atoms with Gasteiger partial charge in [0.25, 0.3) is 0 Å². The van der Waals surface area contributed by atoms with Gasteiger partial charge in [0.1, 0.15) is 5.60 Å². The van der Waals surface area contributed by atoms with Crippen molar-refractivity contribution in [2.24, 2.45) is 0 Å². The summed E-state index contributed by atoms with van der Waals surface area (Å²) in [6, 6.07) is -0.226. The molecule has 0 radical (unpaired) electrons. The maximum absolute atomic E-state index is 11.9. The number of aliphatic hydroxyl groups is 1. The van der Waals surface area contributed by atoms with E-state index in [4.69, 9.17) is 9.47 Å². The Labute approximate surface area is 107 Å². The molecule has 0 aromatic carbocycles. The van der Waals surface area contributed by atoms with Crippen LogP contribution in [0.1, 0.15) is 19.8 Å². The molecule has 0 aliphatic carbocycles. The molecule has 2 fully saturated rings. The van der Waals surface area contributed by atoms with E-state index >= 15 is 0 Å². The number of hydrogen-bond acceptors (Lipinski definition) is 5. The average Bonchev–Trinajstić information content (AvgIpc) is 2.95. The lowest BCUT2D eigenvalue weighted by molar-refractivity contribution is -0.124. The molecule has 0 saturated carbocycles. The molecule has 0 aromatic heterocycles. The maximum Gasteiger partial charge on any atom is 0.237 e. The maximum atomic E-state index is 11.9. The molecule has 0 bridgehead atoms. The number of nitrogens with one attached hydrogen (secondary N) is 2. The summed E-state index contributed by atoms with van der Waals surface area (Å²) in [6.07, 6.45) is 1.10. The molecule has 3 N–H and O–H groups in total. The van der Waals surface area contributed by atoms with E-state index in [1.54, 1.807) is 7.11 Å². The molecule has 0 aromatic rings. The third-order valence-corrected chi connectivity index (χ3v) is 3.97. The van der Waals surface area contributed by atoms with E-state index in [9.17, 15) is 9.90 Å². The van der Waals surface area contributed by atoms with Gasteiger partial charge in [-0.15, -0.1) is 0 Å². The van der Waals surface area contributed by atoms with Gasteiger partial charge in [0.2, 0.25) is 5.91 Å². The van der Waals surface area contributed by atoms with Gasteiger partial charge in [-0.2, -0.15) is 0 Å². The van der Waals surface area contributed by atoms with Gasteiger partial charge in [0.15, 0.2) is 0 Å². The second kappa shape index (κ2) is 5.52. The highest BCUT2D eigenvalue weighted by atomic mass is 16.5. The Morgan fingerprint density at radius 2 is 2.44 bits per heavy atom. The van der Waals surface area contributed by atoms with Crippen LogP contribution >= 0.6 is 0 Å². The number of carbonyl (C=O) groups is 1. The Balaban J connectivity index is 1.78. The molecule has 2 aliphatic rings. The molecule has 2 saturated heterocycles. The summed E-state index contributed by atoms with van der Waals surface area (Å²) >= 11 is 0. The van der Waals surface area contributed by atoms with Crippen molar-refractivity contribution in [3.05, 3.63) is 0 Å². The zero-order valence-electron chi connectivity index (χ0n) is 10.9. The van der Waals surface area contributed by atoms with Gasteiger partial charge < -0.3 is 25.2 Å².